The highest BCUT2D eigenvalue weighted by Gasteiger charge is 2.15. The first-order chi connectivity index (χ1) is 11.7. The van der Waals surface area contributed by atoms with E-state index in [2.05, 4.69) is 0 Å². The lowest BCUT2D eigenvalue weighted by Gasteiger charge is -2.11. The normalized spacial score (nSPS) is 18.8. The van der Waals surface area contributed by atoms with Gasteiger partial charge >= 0.3 is 11.9 Å². The number of rotatable bonds is 11. The van der Waals surface area contributed by atoms with E-state index in [-0.39, 0.29) is 38.0 Å². The summed E-state index contributed by atoms with van der Waals surface area (Å²) >= 11 is 0. The lowest BCUT2D eigenvalue weighted by atomic mass is 10.2. The topological polar surface area (TPSA) is 96.0 Å². The number of hydroxylamine groups is 4. The van der Waals surface area contributed by atoms with Crippen molar-refractivity contribution in [3.63, 3.8) is 0 Å². The first kappa shape index (κ1) is 19.0. The molecule has 0 saturated carbocycles. The van der Waals surface area contributed by atoms with Crippen molar-refractivity contribution in [2.75, 3.05) is 52.6 Å². The number of ether oxygens (including phenoxy) is 2. The SMILES string of the molecule is O=C(CCCCC(=O)OCCN1CCOO1)OCCN1CCOO1. The third-order valence-corrected chi connectivity index (χ3v) is 3.38. The average molecular weight is 348 g/mol. The van der Waals surface area contributed by atoms with Crippen LogP contribution in [0.25, 0.3) is 0 Å². The molecule has 0 aromatic heterocycles. The van der Waals surface area contributed by atoms with E-state index in [0.29, 0.717) is 52.2 Å². The van der Waals surface area contributed by atoms with Crippen molar-refractivity contribution in [1.82, 2.24) is 10.1 Å². The summed E-state index contributed by atoms with van der Waals surface area (Å²) in [5.74, 6) is -0.565. The summed E-state index contributed by atoms with van der Waals surface area (Å²) in [5, 5.41) is 3.17. The standard InChI is InChI=1S/C14H24N2O8/c17-13(19-9-5-15-7-11-21-23-15)3-1-2-4-14(18)20-10-6-16-8-12-22-24-16/h1-12H2. The summed E-state index contributed by atoms with van der Waals surface area (Å²) in [7, 11) is 0. The largest absolute Gasteiger partial charge is 0.464 e. The molecule has 0 atom stereocenters. The van der Waals surface area contributed by atoms with E-state index in [0.717, 1.165) is 0 Å². The molecule has 0 unspecified atom stereocenters. The Balaban J connectivity index is 1.37. The van der Waals surface area contributed by atoms with Crippen molar-refractivity contribution in [1.29, 1.82) is 0 Å². The first-order valence-corrected chi connectivity index (χ1v) is 8.14. The Morgan fingerprint density at radius 3 is 1.62 bits per heavy atom. The van der Waals surface area contributed by atoms with Crippen LogP contribution in [0.5, 0.6) is 0 Å². The third kappa shape index (κ3) is 7.99. The van der Waals surface area contributed by atoms with Crippen molar-refractivity contribution in [3.05, 3.63) is 0 Å². The number of carbonyl (C=O) groups is 2. The Kier molecular flexibility index (Phi) is 8.95. The highest BCUT2D eigenvalue weighted by Crippen LogP contribution is 2.05. The molecule has 2 aliphatic heterocycles. The zero-order chi connectivity index (χ0) is 17.0. The maximum absolute atomic E-state index is 11.5. The minimum Gasteiger partial charge on any atom is -0.464 e. The monoisotopic (exact) mass is 348 g/mol. The van der Waals surface area contributed by atoms with Crippen molar-refractivity contribution in [2.45, 2.75) is 25.7 Å². The zero-order valence-electron chi connectivity index (χ0n) is 13.6. The molecule has 0 bridgehead atoms. The Morgan fingerprint density at radius 1 is 0.792 bits per heavy atom. The van der Waals surface area contributed by atoms with Gasteiger partial charge in [-0.05, 0) is 12.8 Å². The van der Waals surface area contributed by atoms with Crippen molar-refractivity contribution < 1.29 is 38.8 Å². The van der Waals surface area contributed by atoms with Crippen molar-refractivity contribution >= 4 is 11.9 Å². The molecule has 0 radical (unpaired) electrons. The van der Waals surface area contributed by atoms with Crippen LogP contribution in [0.4, 0.5) is 0 Å². The molecular formula is C14H24N2O8. The fourth-order valence-electron chi connectivity index (χ4n) is 2.08. The van der Waals surface area contributed by atoms with Crippen LogP contribution in [0.1, 0.15) is 25.7 Å². The molecule has 0 amide bonds. The third-order valence-electron chi connectivity index (χ3n) is 3.38. The highest BCUT2D eigenvalue weighted by molar-refractivity contribution is 5.70. The molecule has 2 saturated heterocycles. The second-order valence-electron chi connectivity index (χ2n) is 5.30. The number of esters is 2. The lowest BCUT2D eigenvalue weighted by molar-refractivity contribution is -0.370. The van der Waals surface area contributed by atoms with E-state index < -0.39 is 0 Å². The number of hydrogen-bond donors (Lipinski definition) is 0. The van der Waals surface area contributed by atoms with Crippen LogP contribution in [-0.2, 0) is 38.8 Å². The van der Waals surface area contributed by atoms with Gasteiger partial charge in [-0.2, -0.15) is 10.1 Å². The molecule has 0 N–H and O–H groups in total. The summed E-state index contributed by atoms with van der Waals surface area (Å²) in [4.78, 5) is 42.0. The molecule has 24 heavy (non-hydrogen) atoms. The number of nitrogens with zero attached hydrogens (tertiary/aromatic N) is 2. The highest BCUT2D eigenvalue weighted by atomic mass is 17.3. The van der Waals surface area contributed by atoms with Gasteiger partial charge in [0.1, 0.15) is 13.2 Å². The van der Waals surface area contributed by atoms with Gasteiger partial charge in [0.2, 0.25) is 0 Å². The number of unbranched alkanes of at least 4 members (excludes halogenated alkanes) is 1. The maximum atomic E-state index is 11.5. The van der Waals surface area contributed by atoms with E-state index in [1.165, 1.54) is 0 Å². The minimum absolute atomic E-state index is 0.256. The molecule has 2 heterocycles. The fraction of sp³-hybridized carbons (Fsp3) is 0.857. The quantitative estimate of drug-likeness (QED) is 0.288. The van der Waals surface area contributed by atoms with Gasteiger partial charge in [-0.3, -0.25) is 9.59 Å². The van der Waals surface area contributed by atoms with Crippen LogP contribution in [0.3, 0.4) is 0 Å². The van der Waals surface area contributed by atoms with Crippen LogP contribution < -0.4 is 0 Å². The molecule has 10 nitrogen and oxygen atoms in total. The smallest absolute Gasteiger partial charge is 0.305 e. The molecule has 10 heteroatoms. The number of carbonyl (C=O) groups excluding carboxylic acids is 2. The van der Waals surface area contributed by atoms with E-state index in [1.807, 2.05) is 0 Å². The molecule has 0 aliphatic carbocycles. The van der Waals surface area contributed by atoms with Gasteiger partial charge in [0.15, 0.2) is 0 Å². The van der Waals surface area contributed by atoms with Crippen LogP contribution in [0.15, 0.2) is 0 Å². The lowest BCUT2D eigenvalue weighted by Crippen LogP contribution is -2.24. The number of hydrogen-bond acceptors (Lipinski definition) is 10. The van der Waals surface area contributed by atoms with E-state index in [4.69, 9.17) is 29.2 Å². The van der Waals surface area contributed by atoms with Crippen LogP contribution in [0.2, 0.25) is 0 Å². The fourth-order valence-corrected chi connectivity index (χ4v) is 2.08. The first-order valence-electron chi connectivity index (χ1n) is 8.14. The Morgan fingerprint density at radius 2 is 1.25 bits per heavy atom. The van der Waals surface area contributed by atoms with Gasteiger partial charge in [-0.25, -0.2) is 9.78 Å². The molecule has 2 fully saturated rings. The van der Waals surface area contributed by atoms with Gasteiger partial charge in [-0.1, -0.05) is 0 Å². The van der Waals surface area contributed by atoms with Gasteiger partial charge in [0, 0.05) is 12.8 Å². The second kappa shape index (κ2) is 11.3. The van der Waals surface area contributed by atoms with E-state index >= 15 is 0 Å². The Labute approximate surface area is 140 Å². The van der Waals surface area contributed by atoms with Gasteiger partial charge in [0.05, 0.1) is 39.4 Å². The maximum Gasteiger partial charge on any atom is 0.305 e. The van der Waals surface area contributed by atoms with Gasteiger partial charge < -0.3 is 9.47 Å². The summed E-state index contributed by atoms with van der Waals surface area (Å²) in [5.41, 5.74) is 0. The Bertz CT molecular complexity index is 347. The predicted molar refractivity (Wildman–Crippen MR) is 77.6 cm³/mol. The molecular weight excluding hydrogens is 324 g/mol. The van der Waals surface area contributed by atoms with Crippen LogP contribution in [-0.4, -0.2) is 74.7 Å². The predicted octanol–water partition coefficient (Wildman–Crippen LogP) is -0.00920. The molecule has 0 aromatic rings. The summed E-state index contributed by atoms with van der Waals surface area (Å²) in [6.07, 6.45) is 1.73. The van der Waals surface area contributed by atoms with Crippen LogP contribution >= 0.6 is 0 Å². The molecule has 0 spiro atoms. The van der Waals surface area contributed by atoms with E-state index in [1.54, 1.807) is 10.1 Å². The van der Waals surface area contributed by atoms with Crippen molar-refractivity contribution in [3.8, 4) is 0 Å². The average Bonchev–Trinajstić information content (AvgIpc) is 3.25. The summed E-state index contributed by atoms with van der Waals surface area (Å²) in [6, 6.07) is 0. The second-order valence-corrected chi connectivity index (χ2v) is 5.30. The zero-order valence-corrected chi connectivity index (χ0v) is 13.6. The van der Waals surface area contributed by atoms with Crippen LogP contribution in [0, 0.1) is 0 Å². The molecule has 138 valence electrons. The Hall–Kier alpha value is -1.30. The molecule has 0 aromatic carbocycles. The molecule has 2 aliphatic rings. The van der Waals surface area contributed by atoms with Gasteiger partial charge in [-0.15, -0.1) is 9.98 Å². The summed E-state index contributed by atoms with van der Waals surface area (Å²) in [6.45, 7) is 3.83. The van der Waals surface area contributed by atoms with E-state index in [9.17, 15) is 9.59 Å². The minimum atomic E-state index is -0.283. The van der Waals surface area contributed by atoms with Crippen molar-refractivity contribution in [2.24, 2.45) is 0 Å². The molecule has 2 rings (SSSR count). The summed E-state index contributed by atoms with van der Waals surface area (Å²) < 4.78 is 10.1. The van der Waals surface area contributed by atoms with Gasteiger partial charge in [0.25, 0.3) is 0 Å².